The van der Waals surface area contributed by atoms with E-state index in [0.29, 0.717) is 38.8 Å². The molecule has 7 rings (SSSR count). The molecule has 1 aromatic rings. The average molecular weight is 752 g/mol. The molecule has 2 aliphatic carbocycles. The molecule has 1 unspecified atom stereocenters. The maximum Gasteiger partial charge on any atom is 0.410 e. The van der Waals surface area contributed by atoms with Gasteiger partial charge in [-0.25, -0.2) is 27.5 Å². The number of alkyl carbamates (subject to hydrolysis) is 1. The number of sulfonamides is 1. The molecule has 53 heavy (non-hydrogen) atoms. The van der Waals surface area contributed by atoms with Gasteiger partial charge in [-0.2, -0.15) is 0 Å². The van der Waals surface area contributed by atoms with Gasteiger partial charge in [-0.1, -0.05) is 62.3 Å². The minimum atomic E-state index is -3.99. The van der Waals surface area contributed by atoms with Gasteiger partial charge in [0, 0.05) is 19.0 Å². The van der Waals surface area contributed by atoms with E-state index in [1.165, 1.54) is 4.90 Å². The van der Waals surface area contributed by atoms with Gasteiger partial charge in [-0.05, 0) is 79.9 Å². The first-order valence-electron chi connectivity index (χ1n) is 19.0. The van der Waals surface area contributed by atoms with E-state index < -0.39 is 69.5 Å². The molecule has 2 N–H and O–H groups in total. The molecule has 6 aliphatic rings. The van der Waals surface area contributed by atoms with Gasteiger partial charge in [-0.3, -0.25) is 19.4 Å². The number of hydrogen-bond acceptors (Lipinski definition) is 9. The van der Waals surface area contributed by atoms with Crippen LogP contribution in [0, 0.1) is 11.8 Å². The molecule has 6 atom stereocenters. The van der Waals surface area contributed by atoms with Gasteiger partial charge < -0.3 is 19.7 Å². The molecule has 0 aromatic heterocycles. The number of allylic oxidation sites excluding steroid dienone is 2. The van der Waals surface area contributed by atoms with Crippen LogP contribution in [-0.2, 0) is 42.2 Å². The monoisotopic (exact) mass is 751 g/mol. The number of rotatable bonds is 2. The summed E-state index contributed by atoms with van der Waals surface area (Å²) in [6, 6.07) is 1.97. The zero-order chi connectivity index (χ0) is 37.3. The van der Waals surface area contributed by atoms with E-state index in [1.807, 2.05) is 43.4 Å². The van der Waals surface area contributed by atoms with Crippen LogP contribution in [0.2, 0.25) is 0 Å². The molecule has 1 aromatic carbocycles. The second kappa shape index (κ2) is 15.5. The fourth-order valence-corrected chi connectivity index (χ4v) is 9.08. The van der Waals surface area contributed by atoms with Gasteiger partial charge in [0.05, 0.1) is 24.9 Å². The van der Waals surface area contributed by atoms with Gasteiger partial charge in [0.2, 0.25) is 15.9 Å². The van der Waals surface area contributed by atoms with Crippen molar-refractivity contribution in [2.45, 2.75) is 120 Å². The minimum absolute atomic E-state index is 0.0490. The number of cyclic esters (lactones) is 1. The Bertz CT molecular complexity index is 1790. The van der Waals surface area contributed by atoms with Gasteiger partial charge in [0.15, 0.2) is 0 Å². The highest BCUT2D eigenvalue weighted by Crippen LogP contribution is 2.40. The van der Waals surface area contributed by atoms with Crippen molar-refractivity contribution in [2.75, 3.05) is 13.2 Å². The van der Waals surface area contributed by atoms with Gasteiger partial charge in [0.1, 0.15) is 18.2 Å². The van der Waals surface area contributed by atoms with Crippen molar-refractivity contribution in [3.63, 3.8) is 0 Å². The molecule has 1 saturated heterocycles. The van der Waals surface area contributed by atoms with Crippen molar-refractivity contribution in [1.82, 2.24) is 24.7 Å². The molecule has 0 radical (unpaired) electrons. The number of carbonyl (C=O) groups excluding carboxylic acids is 5. The summed E-state index contributed by atoms with van der Waals surface area (Å²) in [7, 11) is -3.99. The highest BCUT2D eigenvalue weighted by Gasteiger charge is 2.53. The van der Waals surface area contributed by atoms with E-state index in [4.69, 9.17) is 9.47 Å². The van der Waals surface area contributed by atoms with Crippen molar-refractivity contribution in [3.05, 3.63) is 53.1 Å². The molecule has 15 heteroatoms. The number of urea groups is 1. The number of benzene rings is 1. The van der Waals surface area contributed by atoms with Crippen LogP contribution in [0.5, 0.6) is 0 Å². The van der Waals surface area contributed by atoms with E-state index >= 15 is 0 Å². The van der Waals surface area contributed by atoms with Crippen molar-refractivity contribution in [1.29, 1.82) is 0 Å². The van der Waals surface area contributed by atoms with Crippen LogP contribution in [0.25, 0.3) is 6.08 Å². The molecule has 5 bridgehead atoms. The highest BCUT2D eigenvalue weighted by atomic mass is 32.2. The summed E-state index contributed by atoms with van der Waals surface area (Å²) in [4.78, 5) is 73.5. The quantitative estimate of drug-likeness (QED) is 0.411. The summed E-state index contributed by atoms with van der Waals surface area (Å²) < 4.78 is 39.4. The maximum absolute atomic E-state index is 14.6. The Morgan fingerprint density at radius 1 is 0.943 bits per heavy atom. The predicted octanol–water partition coefficient (Wildman–Crippen LogP) is 4.59. The molecule has 286 valence electrons. The van der Waals surface area contributed by atoms with E-state index in [9.17, 15) is 32.4 Å². The van der Waals surface area contributed by atoms with Crippen LogP contribution in [0.15, 0.2) is 36.4 Å². The second-order valence-corrected chi connectivity index (χ2v) is 17.3. The van der Waals surface area contributed by atoms with Crippen LogP contribution >= 0.6 is 0 Å². The lowest BCUT2D eigenvalue weighted by molar-refractivity contribution is -0.143. The molecule has 14 nitrogen and oxygen atoms in total. The Morgan fingerprint density at radius 2 is 1.77 bits per heavy atom. The van der Waals surface area contributed by atoms with Crippen molar-refractivity contribution < 1.29 is 41.9 Å². The first-order chi connectivity index (χ1) is 25.5. The van der Waals surface area contributed by atoms with E-state index in [-0.39, 0.29) is 37.8 Å². The molecule has 3 fully saturated rings. The summed E-state index contributed by atoms with van der Waals surface area (Å²) >= 11 is 0. The summed E-state index contributed by atoms with van der Waals surface area (Å²) in [6.45, 7) is 2.68. The lowest BCUT2D eigenvalue weighted by Gasteiger charge is -2.31. The van der Waals surface area contributed by atoms with E-state index in [2.05, 4.69) is 16.1 Å². The normalized spacial score (nSPS) is 31.3. The Kier molecular flexibility index (Phi) is 10.8. The van der Waals surface area contributed by atoms with Crippen molar-refractivity contribution in [3.8, 4) is 0 Å². The maximum atomic E-state index is 14.6. The average Bonchev–Trinajstić information content (AvgIpc) is 4.03. The number of ether oxygens (including phenoxy) is 2. The predicted molar refractivity (Wildman–Crippen MR) is 193 cm³/mol. The lowest BCUT2D eigenvalue weighted by Crippen LogP contribution is -2.57. The van der Waals surface area contributed by atoms with E-state index in [1.54, 1.807) is 4.90 Å². The van der Waals surface area contributed by atoms with Crippen molar-refractivity contribution in [2.24, 2.45) is 11.8 Å². The molecular formula is C38H49N5O9S. The number of amides is 6. The van der Waals surface area contributed by atoms with Crippen LogP contribution in [0.4, 0.5) is 14.4 Å². The Balaban J connectivity index is 1.20. The largest absolute Gasteiger partial charge is 0.449 e. The molecule has 4 aliphatic heterocycles. The Labute approximate surface area is 310 Å². The zero-order valence-electron chi connectivity index (χ0n) is 30.1. The topological polar surface area (TPSA) is 172 Å². The van der Waals surface area contributed by atoms with Crippen LogP contribution in [0.3, 0.4) is 0 Å². The third-order valence-electron chi connectivity index (χ3n) is 11.1. The second-order valence-electron chi connectivity index (χ2n) is 15.4. The van der Waals surface area contributed by atoms with Crippen LogP contribution in [-0.4, -0.2) is 95.8 Å². The summed E-state index contributed by atoms with van der Waals surface area (Å²) in [5.41, 5.74) is 3.02. The van der Waals surface area contributed by atoms with E-state index in [0.717, 1.165) is 53.7 Å². The summed E-state index contributed by atoms with van der Waals surface area (Å²) in [5.74, 6) is -1.42. The summed E-state index contributed by atoms with van der Waals surface area (Å²) in [5, 5.41) is 2.05. The number of hydrogen-bond donors (Lipinski definition) is 2. The fourth-order valence-electron chi connectivity index (χ4n) is 7.81. The standard InChI is InChI=1S/C38H49N5O9S/c1-24-10-7-8-11-25-13-9-14-27-20-41(22-30(25)27)38(48)52-28-19-33-35(45)43(36(46)40-53(49,50)29-16-17-29)32-18-26(32)12-5-3-2-4-6-15-31(34(44)42(33)21-28)39-37(47)51-23-24/h5,8-9,11-14,24,26,28-29,31-33H,2-4,6-7,10,15-23H2,1H3,(H,39,47)(H,40,46)/b11-8-,12-5-/t24-,26+,28-,31+,32?,33+/m1/s1. The third-order valence-corrected chi connectivity index (χ3v) is 12.9. The van der Waals surface area contributed by atoms with Gasteiger partial charge in [0.25, 0.3) is 5.91 Å². The molecular weight excluding hydrogens is 703 g/mol. The number of carbonyl (C=O) groups is 5. The number of nitrogens with one attached hydrogen (secondary N) is 2. The first kappa shape index (κ1) is 36.9. The first-order valence-corrected chi connectivity index (χ1v) is 20.5. The highest BCUT2D eigenvalue weighted by molar-refractivity contribution is 7.90. The third kappa shape index (κ3) is 8.55. The zero-order valence-corrected chi connectivity index (χ0v) is 30.9. The number of nitrogens with zero attached hydrogens (tertiary/aromatic N) is 3. The lowest BCUT2D eigenvalue weighted by atomic mass is 10.0. The van der Waals surface area contributed by atoms with Crippen molar-refractivity contribution >= 4 is 46.1 Å². The Hall–Kier alpha value is -4.40. The van der Waals surface area contributed by atoms with Crippen LogP contribution in [0.1, 0.15) is 94.2 Å². The number of imide groups is 1. The molecule has 6 amide bonds. The molecule has 4 heterocycles. The summed E-state index contributed by atoms with van der Waals surface area (Å²) in [6.07, 6.45) is 11.9. The van der Waals surface area contributed by atoms with Crippen LogP contribution < -0.4 is 10.0 Å². The van der Waals surface area contributed by atoms with Gasteiger partial charge in [-0.15, -0.1) is 0 Å². The number of fused-ring (bicyclic) bond motifs is 4. The smallest absolute Gasteiger partial charge is 0.410 e. The molecule has 0 spiro atoms. The van der Waals surface area contributed by atoms with Gasteiger partial charge >= 0.3 is 18.2 Å². The minimum Gasteiger partial charge on any atom is -0.449 e. The Morgan fingerprint density at radius 3 is 2.58 bits per heavy atom. The fraction of sp³-hybridized carbons (Fsp3) is 0.605. The SMILES string of the molecule is C[C@@H]1CC/C=C\c2cccc3c2CN(C3)C(=O)O[C@@H]2C[C@H]3C(=O)N(C(=O)NS(=O)(=O)C4CC4)C4C[C@@H]4/C=C\CCCCC[C@H](NC(=O)OC1)C(=O)N3C2. The molecule has 2 saturated carbocycles.